The summed E-state index contributed by atoms with van der Waals surface area (Å²) >= 11 is 4.72. The number of aliphatic hydroxyl groups is 3. The van der Waals surface area contributed by atoms with E-state index in [-0.39, 0.29) is 4.77 Å². The molecule has 19 heavy (non-hydrogen) atoms. The minimum atomic E-state index is -2.90. The molecule has 1 aromatic rings. The first kappa shape index (κ1) is 14.2. The average Bonchev–Trinajstić information content (AvgIpc) is 2.59. The number of aromatic nitrogens is 2. The van der Waals surface area contributed by atoms with Gasteiger partial charge in [0, 0.05) is 0 Å². The molecule has 0 amide bonds. The number of aliphatic hydroxyl groups excluding tert-OH is 3. The second-order valence-electron chi connectivity index (χ2n) is 4.03. The molecule has 1 saturated heterocycles. The lowest BCUT2D eigenvalue weighted by Gasteiger charge is -2.20. The third-order valence-electron chi connectivity index (χ3n) is 2.79. The number of H-pyrrole nitrogens is 1. The van der Waals surface area contributed by atoms with Gasteiger partial charge in [0.1, 0.15) is 18.8 Å². The fourth-order valence-electron chi connectivity index (χ4n) is 1.75. The summed E-state index contributed by atoms with van der Waals surface area (Å²) in [4.78, 5) is 12.9. The molecular formula is C9H10F2N2O5S. The number of hydrogen-bond donors (Lipinski definition) is 4. The van der Waals surface area contributed by atoms with Crippen molar-refractivity contribution in [1.29, 1.82) is 0 Å². The smallest absolute Gasteiger partial charge is 0.287 e. The predicted molar refractivity (Wildman–Crippen MR) is 58.9 cm³/mol. The van der Waals surface area contributed by atoms with Gasteiger partial charge < -0.3 is 20.1 Å². The largest absolute Gasteiger partial charge is 0.390 e. The fraction of sp³-hybridized carbons (Fsp3) is 0.556. The average molecular weight is 296 g/mol. The first-order valence-electron chi connectivity index (χ1n) is 5.15. The number of halogens is 2. The Morgan fingerprint density at radius 2 is 2.21 bits per heavy atom. The second kappa shape index (κ2) is 4.72. The topological polar surface area (TPSA) is 108 Å². The van der Waals surface area contributed by atoms with Crippen LogP contribution in [0.1, 0.15) is 6.23 Å². The van der Waals surface area contributed by atoms with E-state index in [1.807, 2.05) is 4.98 Å². The van der Waals surface area contributed by atoms with Crippen molar-refractivity contribution in [2.45, 2.75) is 24.3 Å². The third-order valence-corrected chi connectivity index (χ3v) is 3.10. The van der Waals surface area contributed by atoms with E-state index in [4.69, 9.17) is 17.3 Å². The zero-order valence-electron chi connectivity index (χ0n) is 9.29. The van der Waals surface area contributed by atoms with E-state index in [2.05, 4.69) is 4.74 Å². The maximum absolute atomic E-state index is 13.8. The van der Waals surface area contributed by atoms with E-state index < -0.39 is 42.3 Å². The van der Waals surface area contributed by atoms with E-state index >= 15 is 0 Å². The quantitative estimate of drug-likeness (QED) is 0.519. The molecule has 0 saturated carbocycles. The summed E-state index contributed by atoms with van der Waals surface area (Å²) in [7, 11) is 0. The van der Waals surface area contributed by atoms with Crippen LogP contribution in [0, 0.1) is 10.6 Å². The van der Waals surface area contributed by atoms with Gasteiger partial charge >= 0.3 is 0 Å². The number of nitrogens with zero attached hydrogens (tertiary/aromatic N) is 1. The summed E-state index contributed by atoms with van der Waals surface area (Å²) in [6.45, 7) is -1.21. The Morgan fingerprint density at radius 1 is 1.58 bits per heavy atom. The van der Waals surface area contributed by atoms with Crippen LogP contribution in [-0.4, -0.2) is 49.5 Å². The van der Waals surface area contributed by atoms with E-state index in [0.717, 1.165) is 4.57 Å². The van der Waals surface area contributed by atoms with Gasteiger partial charge in [-0.3, -0.25) is 14.3 Å². The van der Waals surface area contributed by atoms with Gasteiger partial charge in [0.15, 0.2) is 11.0 Å². The normalized spacial score (nSPS) is 34.7. The van der Waals surface area contributed by atoms with Crippen molar-refractivity contribution in [1.82, 2.24) is 9.55 Å². The van der Waals surface area contributed by atoms with Gasteiger partial charge in [-0.1, -0.05) is 0 Å². The first-order valence-corrected chi connectivity index (χ1v) is 5.55. The van der Waals surface area contributed by atoms with E-state index in [0.29, 0.717) is 6.20 Å². The number of aromatic amines is 1. The Kier molecular flexibility index (Phi) is 3.53. The third kappa shape index (κ3) is 2.21. The molecule has 0 bridgehead atoms. The lowest BCUT2D eigenvalue weighted by Crippen LogP contribution is -2.42. The summed E-state index contributed by atoms with van der Waals surface area (Å²) in [6.07, 6.45) is -4.80. The molecule has 0 aliphatic carbocycles. The van der Waals surface area contributed by atoms with Crippen LogP contribution in [0.25, 0.3) is 0 Å². The predicted octanol–water partition coefficient (Wildman–Crippen LogP) is -1.05. The molecule has 1 fully saturated rings. The molecule has 0 radical (unpaired) electrons. The van der Waals surface area contributed by atoms with Gasteiger partial charge in [0.05, 0.1) is 6.20 Å². The van der Waals surface area contributed by atoms with Crippen molar-refractivity contribution in [3.8, 4) is 0 Å². The highest BCUT2D eigenvalue weighted by Gasteiger charge is 2.55. The maximum Gasteiger partial charge on any atom is 0.287 e. The van der Waals surface area contributed by atoms with Crippen LogP contribution >= 0.6 is 12.2 Å². The number of ether oxygens (including phenoxy) is 1. The Morgan fingerprint density at radius 3 is 2.74 bits per heavy atom. The molecule has 1 aliphatic heterocycles. The van der Waals surface area contributed by atoms with E-state index in [1.54, 1.807) is 0 Å². The van der Waals surface area contributed by atoms with Crippen molar-refractivity contribution in [2.24, 2.45) is 0 Å². The molecule has 7 nitrogen and oxygen atoms in total. The van der Waals surface area contributed by atoms with Crippen LogP contribution in [0.3, 0.4) is 0 Å². The molecule has 4 N–H and O–H groups in total. The second-order valence-corrected chi connectivity index (χ2v) is 4.42. The van der Waals surface area contributed by atoms with Crippen LogP contribution in [0.2, 0.25) is 0 Å². The zero-order chi connectivity index (χ0) is 14.4. The molecule has 4 atom stereocenters. The minimum Gasteiger partial charge on any atom is -0.390 e. The van der Waals surface area contributed by atoms with E-state index in [9.17, 15) is 23.8 Å². The Hall–Kier alpha value is -1.20. The minimum absolute atomic E-state index is 0.329. The highest BCUT2D eigenvalue weighted by Crippen LogP contribution is 2.37. The number of alkyl halides is 1. The lowest BCUT2D eigenvalue weighted by molar-refractivity contribution is -0.207. The maximum atomic E-state index is 13.8. The Labute approximate surface area is 109 Å². The van der Waals surface area contributed by atoms with Crippen molar-refractivity contribution < 1.29 is 28.8 Å². The van der Waals surface area contributed by atoms with Gasteiger partial charge in [0.2, 0.25) is 5.82 Å². The SMILES string of the molecule is O=c1[nH]c(=S)n([C@@H]2O[C@](F)(CO)[C@@H](O)[C@H]2O)cc1F. The summed E-state index contributed by atoms with van der Waals surface area (Å²) in [5.41, 5.74) is -1.08. The molecule has 2 heterocycles. The molecule has 1 aliphatic rings. The number of rotatable bonds is 2. The lowest BCUT2D eigenvalue weighted by atomic mass is 10.1. The van der Waals surface area contributed by atoms with Gasteiger partial charge in [-0.25, -0.2) is 4.39 Å². The summed E-state index contributed by atoms with van der Waals surface area (Å²) in [5, 5.41) is 27.9. The van der Waals surface area contributed by atoms with E-state index in [1.165, 1.54) is 0 Å². The van der Waals surface area contributed by atoms with Crippen molar-refractivity contribution in [3.63, 3.8) is 0 Å². The van der Waals surface area contributed by atoms with Gasteiger partial charge in [-0.05, 0) is 12.2 Å². The molecule has 0 aromatic carbocycles. The van der Waals surface area contributed by atoms with Crippen LogP contribution in [0.5, 0.6) is 0 Å². The summed E-state index contributed by atoms with van der Waals surface area (Å²) in [6, 6.07) is 0. The Bertz CT molecular complexity index is 605. The highest BCUT2D eigenvalue weighted by molar-refractivity contribution is 7.71. The number of hydrogen-bond acceptors (Lipinski definition) is 6. The summed E-state index contributed by atoms with van der Waals surface area (Å²) < 4.78 is 32.1. The molecule has 2 rings (SSSR count). The first-order chi connectivity index (χ1) is 8.80. The van der Waals surface area contributed by atoms with Crippen molar-refractivity contribution >= 4 is 12.2 Å². The van der Waals surface area contributed by atoms with Crippen molar-refractivity contribution in [2.75, 3.05) is 6.61 Å². The fourth-order valence-corrected chi connectivity index (χ4v) is 2.00. The standard InChI is InChI=1S/C9H10F2N2O5S/c10-3-1-13(8(19)12-6(3)17)7-4(15)5(16)9(11,2-14)18-7/h1,4-5,7,14-16H,2H2,(H,12,17,19)/t4-,5+,7-,9-/m1/s1. The van der Waals surface area contributed by atoms with Crippen LogP contribution in [0.15, 0.2) is 11.0 Å². The zero-order valence-corrected chi connectivity index (χ0v) is 10.1. The molecule has 0 spiro atoms. The van der Waals surface area contributed by atoms with Gasteiger partial charge in [-0.15, -0.1) is 0 Å². The van der Waals surface area contributed by atoms with Crippen molar-refractivity contribution in [3.05, 3.63) is 27.1 Å². The summed E-state index contributed by atoms with van der Waals surface area (Å²) in [5.74, 6) is -4.12. The van der Waals surface area contributed by atoms with Gasteiger partial charge in [0.25, 0.3) is 11.4 Å². The molecule has 10 heteroatoms. The Balaban J connectivity index is 2.47. The molecular weight excluding hydrogens is 286 g/mol. The van der Waals surface area contributed by atoms with Gasteiger partial charge in [-0.2, -0.15) is 4.39 Å². The van der Waals surface area contributed by atoms with Crippen LogP contribution in [-0.2, 0) is 4.74 Å². The monoisotopic (exact) mass is 296 g/mol. The number of nitrogens with one attached hydrogen (secondary N) is 1. The molecule has 106 valence electrons. The van der Waals surface area contributed by atoms with Crippen LogP contribution < -0.4 is 5.56 Å². The highest BCUT2D eigenvalue weighted by atomic mass is 32.1. The molecule has 0 unspecified atom stereocenters. The van der Waals surface area contributed by atoms with Crippen LogP contribution in [0.4, 0.5) is 8.78 Å². The molecule has 1 aromatic heterocycles.